The van der Waals surface area contributed by atoms with E-state index in [-0.39, 0.29) is 12.4 Å². The zero-order valence-electron chi connectivity index (χ0n) is 8.16. The molecule has 4 heteroatoms. The first-order valence-corrected chi connectivity index (χ1v) is 4.66. The van der Waals surface area contributed by atoms with Crippen LogP contribution in [0, 0.1) is 0 Å². The van der Waals surface area contributed by atoms with Crippen molar-refractivity contribution in [1.82, 2.24) is 0 Å². The molecule has 1 aliphatic carbocycles. The molecule has 0 saturated heterocycles. The van der Waals surface area contributed by atoms with Crippen LogP contribution in [0.2, 0.25) is 0 Å². The van der Waals surface area contributed by atoms with Crippen LogP contribution < -0.4 is 5.73 Å². The van der Waals surface area contributed by atoms with Gasteiger partial charge >= 0.3 is 0 Å². The zero-order chi connectivity index (χ0) is 9.40. The fourth-order valence-corrected chi connectivity index (χ4v) is 0.540. The molecule has 0 aliphatic heterocycles. The zero-order valence-corrected chi connectivity index (χ0v) is 8.98. The van der Waals surface area contributed by atoms with Crippen LogP contribution in [0.3, 0.4) is 0 Å². The van der Waals surface area contributed by atoms with E-state index < -0.39 is 12.0 Å². The summed E-state index contributed by atoms with van der Waals surface area (Å²) in [6, 6.07) is 0. The quantitative estimate of drug-likeness (QED) is 0.739. The number of halogens is 1. The van der Waals surface area contributed by atoms with Crippen LogP contribution >= 0.6 is 12.4 Å². The molecule has 1 rings (SSSR count). The van der Waals surface area contributed by atoms with E-state index in [0.717, 1.165) is 12.8 Å². The molecule has 0 aromatic carbocycles. The van der Waals surface area contributed by atoms with Crippen LogP contribution in [0.1, 0.15) is 45.4 Å². The van der Waals surface area contributed by atoms with Gasteiger partial charge in [-0.25, -0.2) is 0 Å². The standard InChI is InChI=1S/C6H13NO2.C3H6.ClH/c1-2-3-4-5(8)6(7)9;1-2-3-1;/h5,8H,2-4H2,1H3,(H2,7,9);1-3H2;1H. The minimum Gasteiger partial charge on any atom is -0.383 e. The Morgan fingerprint density at radius 1 is 1.46 bits per heavy atom. The Morgan fingerprint density at radius 3 is 2.15 bits per heavy atom. The normalized spacial score (nSPS) is 14.6. The summed E-state index contributed by atoms with van der Waals surface area (Å²) in [5.41, 5.74) is 4.79. The molecule has 3 nitrogen and oxygen atoms in total. The Bertz CT molecular complexity index is 126. The summed E-state index contributed by atoms with van der Waals surface area (Å²) in [6.07, 6.45) is 5.88. The van der Waals surface area contributed by atoms with Gasteiger partial charge in [-0.2, -0.15) is 0 Å². The summed E-state index contributed by atoms with van der Waals surface area (Å²) in [7, 11) is 0. The van der Waals surface area contributed by atoms with Crippen molar-refractivity contribution in [2.45, 2.75) is 51.6 Å². The number of carbonyl (C=O) groups excluding carboxylic acids is 1. The number of aliphatic hydroxyl groups is 1. The number of unbranched alkanes of at least 4 members (excludes halogenated alkanes) is 1. The summed E-state index contributed by atoms with van der Waals surface area (Å²) >= 11 is 0. The Hall–Kier alpha value is -0.280. The van der Waals surface area contributed by atoms with E-state index in [1.165, 1.54) is 19.3 Å². The monoisotopic (exact) mass is 209 g/mol. The molecule has 1 unspecified atom stereocenters. The van der Waals surface area contributed by atoms with Crippen LogP contribution in [-0.2, 0) is 4.79 Å². The fraction of sp³-hybridized carbons (Fsp3) is 0.889. The fourth-order valence-electron chi connectivity index (χ4n) is 0.540. The lowest BCUT2D eigenvalue weighted by Crippen LogP contribution is -2.27. The van der Waals surface area contributed by atoms with E-state index in [4.69, 9.17) is 10.8 Å². The van der Waals surface area contributed by atoms with Gasteiger partial charge in [-0.3, -0.25) is 4.79 Å². The van der Waals surface area contributed by atoms with Crippen LogP contribution in [0.25, 0.3) is 0 Å². The van der Waals surface area contributed by atoms with Crippen molar-refractivity contribution in [2.24, 2.45) is 5.73 Å². The van der Waals surface area contributed by atoms with E-state index in [9.17, 15) is 4.79 Å². The maximum absolute atomic E-state index is 10.2. The second-order valence-corrected chi connectivity index (χ2v) is 3.12. The molecular formula is C9H20ClNO2. The van der Waals surface area contributed by atoms with Gasteiger partial charge in [-0.15, -0.1) is 12.4 Å². The third-order valence-corrected chi connectivity index (χ3v) is 1.51. The third kappa shape index (κ3) is 14.6. The van der Waals surface area contributed by atoms with Gasteiger partial charge in [0.05, 0.1) is 0 Å². The van der Waals surface area contributed by atoms with Crippen LogP contribution in [0.15, 0.2) is 0 Å². The number of rotatable bonds is 4. The van der Waals surface area contributed by atoms with Crippen molar-refractivity contribution in [3.8, 4) is 0 Å². The molecule has 1 fully saturated rings. The van der Waals surface area contributed by atoms with Crippen molar-refractivity contribution >= 4 is 18.3 Å². The summed E-state index contributed by atoms with van der Waals surface area (Å²) in [5, 5.41) is 8.78. The molecule has 0 aromatic heterocycles. The molecule has 1 atom stereocenters. The lowest BCUT2D eigenvalue weighted by atomic mass is 10.1. The summed E-state index contributed by atoms with van der Waals surface area (Å²) < 4.78 is 0. The van der Waals surface area contributed by atoms with E-state index in [2.05, 4.69) is 0 Å². The number of aliphatic hydroxyl groups excluding tert-OH is 1. The highest BCUT2D eigenvalue weighted by Gasteiger charge is 2.07. The molecule has 13 heavy (non-hydrogen) atoms. The van der Waals surface area contributed by atoms with Crippen molar-refractivity contribution in [2.75, 3.05) is 0 Å². The Labute approximate surface area is 86.1 Å². The molecule has 1 amide bonds. The highest BCUT2D eigenvalue weighted by atomic mass is 35.5. The van der Waals surface area contributed by atoms with E-state index >= 15 is 0 Å². The predicted molar refractivity (Wildman–Crippen MR) is 55.8 cm³/mol. The maximum Gasteiger partial charge on any atom is 0.246 e. The highest BCUT2D eigenvalue weighted by molar-refractivity contribution is 5.85. The smallest absolute Gasteiger partial charge is 0.246 e. The van der Waals surface area contributed by atoms with Crippen LogP contribution in [0.4, 0.5) is 0 Å². The van der Waals surface area contributed by atoms with Gasteiger partial charge in [0, 0.05) is 0 Å². The molecule has 0 bridgehead atoms. The Kier molecular flexibility index (Phi) is 11.5. The van der Waals surface area contributed by atoms with Crippen molar-refractivity contribution in [1.29, 1.82) is 0 Å². The second kappa shape index (κ2) is 9.81. The maximum atomic E-state index is 10.2. The van der Waals surface area contributed by atoms with Crippen molar-refractivity contribution in [3.05, 3.63) is 0 Å². The SMILES string of the molecule is C1CC1.CCCCC(O)C(N)=O.Cl. The first-order valence-electron chi connectivity index (χ1n) is 4.66. The largest absolute Gasteiger partial charge is 0.383 e. The minimum atomic E-state index is -0.940. The summed E-state index contributed by atoms with van der Waals surface area (Å²) in [5.74, 6) is -0.622. The number of nitrogens with two attached hydrogens (primary N) is 1. The van der Waals surface area contributed by atoms with Gasteiger partial charge < -0.3 is 10.8 Å². The van der Waals surface area contributed by atoms with Gasteiger partial charge in [0.2, 0.25) is 5.91 Å². The van der Waals surface area contributed by atoms with Gasteiger partial charge in [-0.1, -0.05) is 39.0 Å². The van der Waals surface area contributed by atoms with Crippen molar-refractivity contribution < 1.29 is 9.90 Å². The lowest BCUT2D eigenvalue weighted by Gasteiger charge is -2.02. The van der Waals surface area contributed by atoms with Gasteiger partial charge in [0.15, 0.2) is 0 Å². The predicted octanol–water partition coefficient (Wildman–Crippen LogP) is 1.61. The number of carbonyl (C=O) groups is 1. The number of hydrogen-bond donors (Lipinski definition) is 2. The highest BCUT2D eigenvalue weighted by Crippen LogP contribution is 2.14. The van der Waals surface area contributed by atoms with E-state index in [0.29, 0.717) is 6.42 Å². The van der Waals surface area contributed by atoms with Crippen molar-refractivity contribution in [3.63, 3.8) is 0 Å². The average Bonchev–Trinajstić information content (AvgIpc) is 2.85. The third-order valence-electron chi connectivity index (χ3n) is 1.51. The number of primary amides is 1. The Morgan fingerprint density at radius 2 is 1.92 bits per heavy atom. The first kappa shape index (κ1) is 15.2. The second-order valence-electron chi connectivity index (χ2n) is 3.12. The molecule has 3 N–H and O–H groups in total. The first-order chi connectivity index (χ1) is 5.68. The minimum absolute atomic E-state index is 0. The molecule has 0 heterocycles. The Balaban J connectivity index is 0. The van der Waals surface area contributed by atoms with Gasteiger partial charge in [-0.05, 0) is 6.42 Å². The molecule has 1 saturated carbocycles. The molecule has 80 valence electrons. The average molecular weight is 210 g/mol. The number of hydrogen-bond acceptors (Lipinski definition) is 2. The molecule has 0 radical (unpaired) electrons. The summed E-state index contributed by atoms with van der Waals surface area (Å²) in [6.45, 7) is 1.99. The summed E-state index contributed by atoms with van der Waals surface area (Å²) in [4.78, 5) is 10.2. The van der Waals surface area contributed by atoms with Crippen LogP contribution in [0.5, 0.6) is 0 Å². The lowest BCUT2D eigenvalue weighted by molar-refractivity contribution is -0.126. The van der Waals surface area contributed by atoms with Gasteiger partial charge in [0.1, 0.15) is 6.10 Å². The topological polar surface area (TPSA) is 63.3 Å². The molecule has 0 aromatic rings. The molecule has 1 aliphatic rings. The van der Waals surface area contributed by atoms with E-state index in [1.54, 1.807) is 0 Å². The van der Waals surface area contributed by atoms with E-state index in [1.807, 2.05) is 6.92 Å². The molecule has 0 spiro atoms. The van der Waals surface area contributed by atoms with Crippen LogP contribution in [-0.4, -0.2) is 17.1 Å². The number of amides is 1. The molecular weight excluding hydrogens is 190 g/mol. The van der Waals surface area contributed by atoms with Gasteiger partial charge in [0.25, 0.3) is 0 Å².